The summed E-state index contributed by atoms with van der Waals surface area (Å²) in [5.41, 5.74) is 1.05. The molecule has 28 heavy (non-hydrogen) atoms. The Morgan fingerprint density at radius 2 is 2.07 bits per heavy atom. The molecule has 1 aromatic heterocycles. The topological polar surface area (TPSA) is 79.4 Å². The lowest BCUT2D eigenvalue weighted by Gasteiger charge is -2.24. The SMILES string of the molecule is CCCN1CCc2nc(NC(=O)CCCS(=O)(=O)c3ccc(F)cc3)sc2C1. The third-order valence-corrected chi connectivity index (χ3v) is 7.40. The molecule has 0 bridgehead atoms. The molecule has 1 aliphatic heterocycles. The van der Waals surface area contributed by atoms with E-state index in [-0.39, 0.29) is 29.4 Å². The molecule has 3 rings (SSSR count). The standard InChI is InChI=1S/C19H24FN3O3S2/c1-2-10-23-11-9-16-17(13-23)27-19(21-16)22-18(24)4-3-12-28(25,26)15-7-5-14(20)6-8-15/h5-8H,2-4,9-13H2,1H3,(H,21,22,24). The first-order valence-corrected chi connectivity index (χ1v) is 11.8. The average Bonchev–Trinajstić information content (AvgIpc) is 3.03. The number of anilines is 1. The van der Waals surface area contributed by atoms with Crippen molar-refractivity contribution in [3.05, 3.63) is 40.7 Å². The number of nitrogens with one attached hydrogen (secondary N) is 1. The minimum Gasteiger partial charge on any atom is -0.302 e. The van der Waals surface area contributed by atoms with Crippen LogP contribution in [0.1, 0.15) is 36.8 Å². The number of fused-ring (bicyclic) bond motifs is 1. The van der Waals surface area contributed by atoms with Crippen molar-refractivity contribution in [3.63, 3.8) is 0 Å². The summed E-state index contributed by atoms with van der Waals surface area (Å²) in [5, 5.41) is 3.36. The fourth-order valence-electron chi connectivity index (χ4n) is 3.17. The molecule has 0 spiro atoms. The van der Waals surface area contributed by atoms with Crippen molar-refractivity contribution in [2.75, 3.05) is 24.2 Å². The fraction of sp³-hybridized carbons (Fsp3) is 0.474. The number of benzene rings is 1. The molecule has 0 fully saturated rings. The maximum atomic E-state index is 12.9. The van der Waals surface area contributed by atoms with Gasteiger partial charge in [0.25, 0.3) is 0 Å². The van der Waals surface area contributed by atoms with E-state index < -0.39 is 15.7 Å². The highest BCUT2D eigenvalue weighted by Crippen LogP contribution is 2.28. The lowest BCUT2D eigenvalue weighted by atomic mass is 10.2. The van der Waals surface area contributed by atoms with E-state index in [4.69, 9.17) is 0 Å². The van der Waals surface area contributed by atoms with Gasteiger partial charge >= 0.3 is 0 Å². The van der Waals surface area contributed by atoms with Gasteiger partial charge in [-0.25, -0.2) is 17.8 Å². The first-order valence-electron chi connectivity index (χ1n) is 9.36. The number of halogens is 1. The molecular weight excluding hydrogens is 401 g/mol. The molecule has 2 aromatic rings. The zero-order chi connectivity index (χ0) is 20.1. The molecule has 0 aliphatic carbocycles. The van der Waals surface area contributed by atoms with Gasteiger partial charge in [0.2, 0.25) is 5.91 Å². The van der Waals surface area contributed by atoms with Gasteiger partial charge in [0.15, 0.2) is 15.0 Å². The van der Waals surface area contributed by atoms with Gasteiger partial charge in [-0.05, 0) is 43.7 Å². The van der Waals surface area contributed by atoms with Gasteiger partial charge in [-0.2, -0.15) is 0 Å². The summed E-state index contributed by atoms with van der Waals surface area (Å²) in [6, 6.07) is 4.72. The van der Waals surface area contributed by atoms with Crippen LogP contribution in [-0.4, -0.2) is 43.1 Å². The Hall–Kier alpha value is -1.84. The molecule has 1 aliphatic rings. The second-order valence-corrected chi connectivity index (χ2v) is 10.0. The third kappa shape index (κ3) is 5.36. The molecular formula is C19H24FN3O3S2. The van der Waals surface area contributed by atoms with E-state index in [1.807, 2.05) is 0 Å². The van der Waals surface area contributed by atoms with E-state index in [9.17, 15) is 17.6 Å². The van der Waals surface area contributed by atoms with Crippen LogP contribution in [0.5, 0.6) is 0 Å². The quantitative estimate of drug-likeness (QED) is 0.657. The highest BCUT2D eigenvalue weighted by molar-refractivity contribution is 7.91. The van der Waals surface area contributed by atoms with Crippen LogP contribution in [0.15, 0.2) is 29.2 Å². The largest absolute Gasteiger partial charge is 0.302 e. The van der Waals surface area contributed by atoms with Crippen molar-refractivity contribution in [2.45, 2.75) is 44.0 Å². The molecule has 1 N–H and O–H groups in total. The van der Waals surface area contributed by atoms with Gasteiger partial charge < -0.3 is 5.32 Å². The normalized spacial score (nSPS) is 14.6. The number of aromatic nitrogens is 1. The van der Waals surface area contributed by atoms with Crippen molar-refractivity contribution in [1.82, 2.24) is 9.88 Å². The number of carbonyl (C=O) groups excluding carboxylic acids is 1. The summed E-state index contributed by atoms with van der Waals surface area (Å²) < 4.78 is 37.4. The van der Waals surface area contributed by atoms with Crippen molar-refractivity contribution in [3.8, 4) is 0 Å². The third-order valence-electron chi connectivity index (χ3n) is 4.59. The van der Waals surface area contributed by atoms with Crippen LogP contribution in [0.4, 0.5) is 9.52 Å². The lowest BCUT2D eigenvalue weighted by Crippen LogP contribution is -2.30. The molecule has 0 radical (unpaired) electrons. The number of hydrogen-bond acceptors (Lipinski definition) is 6. The Kier molecular flexibility index (Phi) is 6.79. The number of sulfone groups is 1. The number of hydrogen-bond donors (Lipinski definition) is 1. The molecule has 0 saturated carbocycles. The van der Waals surface area contributed by atoms with Gasteiger partial charge in [-0.1, -0.05) is 6.92 Å². The van der Waals surface area contributed by atoms with Crippen molar-refractivity contribution >= 4 is 32.2 Å². The number of carbonyl (C=O) groups is 1. The summed E-state index contributed by atoms with van der Waals surface area (Å²) >= 11 is 1.49. The van der Waals surface area contributed by atoms with Crippen LogP contribution in [0.25, 0.3) is 0 Å². The monoisotopic (exact) mass is 425 g/mol. The number of amides is 1. The Morgan fingerprint density at radius 3 is 2.79 bits per heavy atom. The molecule has 9 heteroatoms. The van der Waals surface area contributed by atoms with E-state index in [0.717, 1.165) is 50.3 Å². The predicted molar refractivity (Wildman–Crippen MR) is 108 cm³/mol. The van der Waals surface area contributed by atoms with Crippen molar-refractivity contribution in [1.29, 1.82) is 0 Å². The van der Waals surface area contributed by atoms with Crippen LogP contribution in [0.3, 0.4) is 0 Å². The molecule has 0 saturated heterocycles. The molecule has 1 aromatic carbocycles. The Labute approximate surface area is 168 Å². The minimum atomic E-state index is -3.52. The van der Waals surface area contributed by atoms with Crippen LogP contribution in [-0.2, 0) is 27.6 Å². The molecule has 1 amide bonds. The highest BCUT2D eigenvalue weighted by Gasteiger charge is 2.21. The first-order chi connectivity index (χ1) is 13.4. The first kappa shape index (κ1) is 20.9. The predicted octanol–water partition coefficient (Wildman–Crippen LogP) is 3.24. The number of nitrogens with zero attached hydrogens (tertiary/aromatic N) is 2. The maximum absolute atomic E-state index is 12.9. The fourth-order valence-corrected chi connectivity index (χ4v) is 5.55. The van der Waals surface area contributed by atoms with Gasteiger partial charge in [0.05, 0.1) is 16.3 Å². The van der Waals surface area contributed by atoms with E-state index >= 15 is 0 Å². The summed E-state index contributed by atoms with van der Waals surface area (Å²) in [7, 11) is -3.52. The van der Waals surface area contributed by atoms with Gasteiger partial charge in [0, 0.05) is 30.8 Å². The Morgan fingerprint density at radius 1 is 1.32 bits per heavy atom. The van der Waals surface area contributed by atoms with Gasteiger partial charge in [-0.15, -0.1) is 11.3 Å². The van der Waals surface area contributed by atoms with Gasteiger partial charge in [0.1, 0.15) is 5.82 Å². The minimum absolute atomic E-state index is 0.0681. The second-order valence-electron chi connectivity index (χ2n) is 6.84. The molecule has 6 nitrogen and oxygen atoms in total. The van der Waals surface area contributed by atoms with Crippen LogP contribution in [0.2, 0.25) is 0 Å². The summed E-state index contributed by atoms with van der Waals surface area (Å²) in [6.07, 6.45) is 2.28. The number of thiazole rings is 1. The van der Waals surface area contributed by atoms with Crippen molar-refractivity contribution < 1.29 is 17.6 Å². The van der Waals surface area contributed by atoms with Crippen LogP contribution >= 0.6 is 11.3 Å². The zero-order valence-corrected chi connectivity index (χ0v) is 17.4. The highest BCUT2D eigenvalue weighted by atomic mass is 32.2. The molecule has 152 valence electrons. The average molecular weight is 426 g/mol. The van der Waals surface area contributed by atoms with E-state index in [0.29, 0.717) is 5.13 Å². The smallest absolute Gasteiger partial charge is 0.226 e. The summed E-state index contributed by atoms with van der Waals surface area (Å²) in [5.74, 6) is -0.889. The lowest BCUT2D eigenvalue weighted by molar-refractivity contribution is -0.116. The van der Waals surface area contributed by atoms with E-state index in [1.165, 1.54) is 28.3 Å². The maximum Gasteiger partial charge on any atom is 0.226 e. The molecule has 0 unspecified atom stereocenters. The second kappa shape index (κ2) is 9.11. The molecule has 2 heterocycles. The molecule has 0 atom stereocenters. The Balaban J connectivity index is 1.49. The summed E-state index contributed by atoms with van der Waals surface area (Å²) in [6.45, 7) is 5.07. The zero-order valence-electron chi connectivity index (χ0n) is 15.8. The Bertz CT molecular complexity index is 926. The summed E-state index contributed by atoms with van der Waals surface area (Å²) in [4.78, 5) is 20.3. The van der Waals surface area contributed by atoms with Crippen LogP contribution in [0, 0.1) is 5.82 Å². The number of rotatable bonds is 8. The van der Waals surface area contributed by atoms with Gasteiger partial charge in [-0.3, -0.25) is 9.69 Å². The van der Waals surface area contributed by atoms with Crippen molar-refractivity contribution in [2.24, 2.45) is 0 Å². The van der Waals surface area contributed by atoms with E-state index in [2.05, 4.69) is 22.1 Å². The van der Waals surface area contributed by atoms with E-state index in [1.54, 1.807) is 0 Å². The van der Waals surface area contributed by atoms with Crippen LogP contribution < -0.4 is 5.32 Å².